The number of rotatable bonds is 2. The second-order valence-corrected chi connectivity index (χ2v) is 6.41. The van der Waals surface area contributed by atoms with Gasteiger partial charge in [0.1, 0.15) is 0 Å². The predicted octanol–water partition coefficient (Wildman–Crippen LogP) is 3.61. The van der Waals surface area contributed by atoms with Crippen molar-refractivity contribution in [1.82, 2.24) is 4.73 Å². The highest BCUT2D eigenvalue weighted by molar-refractivity contribution is 6.13. The van der Waals surface area contributed by atoms with Crippen molar-refractivity contribution in [2.24, 2.45) is 0 Å². The number of nitrogens with zero attached hydrogens (tertiary/aromatic N) is 2. The largest absolute Gasteiger partial charge is 0.710 e. The molecular weight excluding hydrogens is 344 g/mol. The molecule has 4 aromatic rings. The number of hydrogen-bond acceptors (Lipinski definition) is 4. The summed E-state index contributed by atoms with van der Waals surface area (Å²) in [5.41, 5.74) is 3.40. The van der Waals surface area contributed by atoms with E-state index in [0.717, 1.165) is 31.4 Å². The second kappa shape index (κ2) is 5.35. The van der Waals surface area contributed by atoms with Gasteiger partial charge < -0.3 is 15.2 Å². The minimum atomic E-state index is -0.459. The Bertz CT molecular complexity index is 1180. The van der Waals surface area contributed by atoms with Crippen molar-refractivity contribution in [3.8, 4) is 33.9 Å². The molecule has 132 valence electrons. The molecule has 1 N–H and O–H groups in total. The van der Waals surface area contributed by atoms with E-state index in [1.807, 2.05) is 36.4 Å². The fourth-order valence-corrected chi connectivity index (χ4v) is 3.82. The molecule has 1 heterocycles. The smallest absolute Gasteiger partial charge is 0.337 e. The number of ether oxygens (including phenoxy) is 1. The fourth-order valence-electron chi connectivity index (χ4n) is 3.82. The third-order valence-electron chi connectivity index (χ3n) is 5.01. The molecule has 0 fully saturated rings. The fraction of sp³-hybridized carbons (Fsp3) is 0.0476. The van der Waals surface area contributed by atoms with Crippen molar-refractivity contribution in [2.75, 3.05) is 7.11 Å². The number of carbonyl (C=O) groups excluding carboxylic acids is 1. The van der Waals surface area contributed by atoms with Gasteiger partial charge in [-0.3, -0.25) is 0 Å². The quantitative estimate of drug-likeness (QED) is 0.226. The van der Waals surface area contributed by atoms with Crippen LogP contribution in [-0.2, 0) is 4.74 Å². The summed E-state index contributed by atoms with van der Waals surface area (Å²) in [6, 6.07) is 17.9. The van der Waals surface area contributed by atoms with Crippen molar-refractivity contribution in [3.05, 3.63) is 71.4 Å². The van der Waals surface area contributed by atoms with Crippen LogP contribution in [0, 0.1) is 5.21 Å². The Hall–Kier alpha value is -3.80. The molecule has 6 nitrogen and oxygen atoms in total. The SMILES string of the molecule is COC(=O)c1ccc(-c2n(O)c3c([n+]2[O-])-c2cccc4cccc-3c24)cc1. The molecule has 0 atom stereocenters. The molecule has 0 aliphatic heterocycles. The van der Waals surface area contributed by atoms with Gasteiger partial charge in [-0.15, -0.1) is 0 Å². The molecule has 0 saturated heterocycles. The van der Waals surface area contributed by atoms with Gasteiger partial charge in [-0.1, -0.05) is 24.3 Å². The normalized spacial score (nSPS) is 11.6. The van der Waals surface area contributed by atoms with E-state index in [-0.39, 0.29) is 5.82 Å². The van der Waals surface area contributed by atoms with E-state index in [0.29, 0.717) is 22.5 Å². The molecule has 0 saturated carbocycles. The Morgan fingerprint density at radius 3 is 2.37 bits per heavy atom. The summed E-state index contributed by atoms with van der Waals surface area (Å²) in [4.78, 5) is 11.6. The average Bonchev–Trinajstić information content (AvgIpc) is 3.17. The van der Waals surface area contributed by atoms with Crippen LogP contribution < -0.4 is 4.73 Å². The van der Waals surface area contributed by atoms with Crippen LogP contribution in [0.25, 0.3) is 44.7 Å². The molecule has 0 unspecified atom stereocenters. The number of methoxy groups -OCH3 is 1. The zero-order chi connectivity index (χ0) is 18.7. The lowest BCUT2D eigenvalue weighted by molar-refractivity contribution is -0.582. The molecular formula is C21H14N2O4. The Kier molecular flexibility index (Phi) is 3.06. The van der Waals surface area contributed by atoms with Crippen molar-refractivity contribution in [2.45, 2.75) is 0 Å². The average molecular weight is 358 g/mol. The maximum atomic E-state index is 13.1. The third kappa shape index (κ3) is 1.95. The minimum Gasteiger partial charge on any atom is -0.710 e. The summed E-state index contributed by atoms with van der Waals surface area (Å²) in [6.45, 7) is 0. The number of aromatic nitrogens is 2. The van der Waals surface area contributed by atoms with Gasteiger partial charge in [-0.25, -0.2) is 9.52 Å². The van der Waals surface area contributed by atoms with Crippen LogP contribution in [0.5, 0.6) is 0 Å². The summed E-state index contributed by atoms with van der Waals surface area (Å²) in [7, 11) is 1.31. The standard InChI is InChI=1S/C21H14N2O4/c1-27-21(24)14-10-8-13(9-11-14)20-22(25)18-15-6-2-4-12-5-3-7-16(17(12)15)19(18)23(20)26/h2-11,25H,1H3. The van der Waals surface area contributed by atoms with E-state index in [1.54, 1.807) is 24.3 Å². The number of imidazole rings is 1. The van der Waals surface area contributed by atoms with Gasteiger partial charge in [0.25, 0.3) is 0 Å². The topological polar surface area (TPSA) is 78.4 Å². The molecule has 3 aromatic carbocycles. The molecule has 0 bridgehead atoms. The predicted molar refractivity (Wildman–Crippen MR) is 99.3 cm³/mol. The van der Waals surface area contributed by atoms with Gasteiger partial charge in [0.15, 0.2) is 5.69 Å². The first-order valence-corrected chi connectivity index (χ1v) is 8.40. The molecule has 1 aliphatic rings. The van der Waals surface area contributed by atoms with E-state index in [2.05, 4.69) is 4.74 Å². The molecule has 0 radical (unpaired) electrons. The van der Waals surface area contributed by atoms with E-state index in [1.165, 1.54) is 7.11 Å². The van der Waals surface area contributed by atoms with Gasteiger partial charge in [0, 0.05) is 16.5 Å². The van der Waals surface area contributed by atoms with E-state index >= 15 is 0 Å². The van der Waals surface area contributed by atoms with Crippen LogP contribution in [0.4, 0.5) is 0 Å². The summed E-state index contributed by atoms with van der Waals surface area (Å²) in [5, 5.41) is 25.9. The Labute approximate surface area is 154 Å². The summed E-state index contributed by atoms with van der Waals surface area (Å²) in [5.74, 6) is -0.359. The Morgan fingerprint density at radius 2 is 1.70 bits per heavy atom. The molecule has 0 spiro atoms. The number of benzene rings is 3. The first-order valence-electron chi connectivity index (χ1n) is 8.40. The zero-order valence-corrected chi connectivity index (χ0v) is 14.3. The van der Waals surface area contributed by atoms with Crippen LogP contribution >= 0.6 is 0 Å². The molecule has 5 rings (SSSR count). The maximum Gasteiger partial charge on any atom is 0.337 e. The van der Waals surface area contributed by atoms with Crippen LogP contribution in [-0.4, -0.2) is 23.0 Å². The minimum absolute atomic E-state index is 0.0999. The first-order chi connectivity index (χ1) is 13.1. The summed E-state index contributed by atoms with van der Waals surface area (Å²) in [6.07, 6.45) is 0. The summed E-state index contributed by atoms with van der Waals surface area (Å²) < 4.78 is 6.37. The van der Waals surface area contributed by atoms with Gasteiger partial charge in [0.2, 0.25) is 5.69 Å². The van der Waals surface area contributed by atoms with Crippen LogP contribution in [0.2, 0.25) is 0 Å². The van der Waals surface area contributed by atoms with Gasteiger partial charge in [-0.05, 0) is 46.5 Å². The highest BCUT2D eigenvalue weighted by Gasteiger charge is 2.37. The van der Waals surface area contributed by atoms with Gasteiger partial charge in [-0.2, -0.15) is 0 Å². The van der Waals surface area contributed by atoms with Crippen LogP contribution in [0.1, 0.15) is 10.4 Å². The molecule has 1 aromatic heterocycles. The second-order valence-electron chi connectivity index (χ2n) is 6.41. The molecule has 27 heavy (non-hydrogen) atoms. The molecule has 1 aliphatic carbocycles. The van der Waals surface area contributed by atoms with Crippen LogP contribution in [0.3, 0.4) is 0 Å². The van der Waals surface area contributed by atoms with Crippen molar-refractivity contribution >= 4 is 16.7 Å². The Balaban J connectivity index is 1.74. The Morgan fingerprint density at radius 1 is 1.04 bits per heavy atom. The van der Waals surface area contributed by atoms with Gasteiger partial charge in [0.05, 0.1) is 18.2 Å². The zero-order valence-electron chi connectivity index (χ0n) is 14.3. The van der Waals surface area contributed by atoms with Gasteiger partial charge >= 0.3 is 11.8 Å². The van der Waals surface area contributed by atoms with Crippen molar-refractivity contribution in [1.29, 1.82) is 0 Å². The van der Waals surface area contributed by atoms with Crippen molar-refractivity contribution in [3.63, 3.8) is 0 Å². The van der Waals surface area contributed by atoms with E-state index in [4.69, 9.17) is 0 Å². The number of carbonyl (C=O) groups is 1. The van der Waals surface area contributed by atoms with Crippen molar-refractivity contribution < 1.29 is 19.5 Å². The monoisotopic (exact) mass is 358 g/mol. The lowest BCUT2D eigenvalue weighted by Gasteiger charge is -2.08. The highest BCUT2D eigenvalue weighted by Crippen LogP contribution is 2.46. The first kappa shape index (κ1) is 15.5. The lowest BCUT2D eigenvalue weighted by Crippen LogP contribution is -2.30. The number of fused-ring (bicyclic) bond motifs is 3. The third-order valence-corrected chi connectivity index (χ3v) is 5.01. The van der Waals surface area contributed by atoms with Crippen LogP contribution in [0.15, 0.2) is 60.7 Å². The molecule has 0 amide bonds. The summed E-state index contributed by atoms with van der Waals surface area (Å²) >= 11 is 0. The van der Waals surface area contributed by atoms with E-state index < -0.39 is 5.97 Å². The van der Waals surface area contributed by atoms with E-state index in [9.17, 15) is 15.2 Å². The number of hydrogen-bond donors (Lipinski definition) is 1. The molecule has 6 heteroatoms. The number of esters is 1. The maximum absolute atomic E-state index is 13.1. The lowest BCUT2D eigenvalue weighted by atomic mass is 10.0. The highest BCUT2D eigenvalue weighted by atomic mass is 16.5.